The lowest BCUT2D eigenvalue weighted by Gasteiger charge is -2.11. The summed E-state index contributed by atoms with van der Waals surface area (Å²) in [6, 6.07) is 0. The van der Waals surface area contributed by atoms with E-state index in [0.29, 0.717) is 13.3 Å². The molecule has 0 aliphatic rings. The number of ether oxygens (including phenoxy) is 1. The van der Waals surface area contributed by atoms with E-state index in [1.807, 2.05) is 5.32 Å². The number of carbonyl (C=O) groups is 2. The highest BCUT2D eigenvalue weighted by atomic mass is 19.3. The molecule has 10 heteroatoms. The second-order valence-corrected chi connectivity index (χ2v) is 5.64. The molecule has 0 radical (unpaired) electrons. The highest BCUT2D eigenvalue weighted by Gasteiger charge is 2.31. The van der Waals surface area contributed by atoms with Crippen LogP contribution in [0, 0.1) is 30.2 Å². The molecule has 0 heterocycles. The first-order chi connectivity index (χ1) is 12.0. The molecule has 26 heavy (non-hydrogen) atoms. The van der Waals surface area contributed by atoms with Crippen LogP contribution in [0.4, 0.5) is 26.3 Å². The van der Waals surface area contributed by atoms with Crippen LogP contribution in [0.2, 0.25) is 0 Å². The topological polar surface area (TPSA) is 55.4 Å². The number of benzene rings is 1. The summed E-state index contributed by atoms with van der Waals surface area (Å²) in [7, 11) is 0. The first kappa shape index (κ1) is 21.8. The van der Waals surface area contributed by atoms with Gasteiger partial charge in [0.2, 0.25) is 11.6 Å². The molecule has 0 bridgehead atoms. The monoisotopic (exact) mass is 385 g/mol. The van der Waals surface area contributed by atoms with Crippen molar-refractivity contribution in [1.82, 2.24) is 5.32 Å². The molecule has 1 N–H and O–H groups in total. The minimum atomic E-state index is -3.49. The molecule has 0 atom stereocenters. The van der Waals surface area contributed by atoms with Gasteiger partial charge in [0.05, 0.1) is 0 Å². The third kappa shape index (κ3) is 5.63. The van der Waals surface area contributed by atoms with Gasteiger partial charge in [-0.2, -0.15) is 13.2 Å². The Morgan fingerprint density at radius 2 is 1.58 bits per heavy atom. The van der Waals surface area contributed by atoms with Crippen LogP contribution in [-0.4, -0.2) is 24.3 Å². The van der Waals surface area contributed by atoms with E-state index in [1.54, 1.807) is 0 Å². The number of amides is 1. The van der Waals surface area contributed by atoms with E-state index in [1.165, 1.54) is 0 Å². The fraction of sp³-hybridized carbons (Fsp3) is 0.500. The molecule has 1 rings (SSSR count). The van der Waals surface area contributed by atoms with E-state index in [4.69, 9.17) is 0 Å². The van der Waals surface area contributed by atoms with Crippen LogP contribution in [-0.2, 0) is 9.59 Å². The number of carbonyl (C=O) groups excluding carboxylic acids is 2. The van der Waals surface area contributed by atoms with Gasteiger partial charge in [-0.25, -0.2) is 13.2 Å². The quantitative estimate of drug-likeness (QED) is 0.185. The van der Waals surface area contributed by atoms with Gasteiger partial charge in [-0.1, -0.05) is 6.42 Å². The van der Waals surface area contributed by atoms with Crippen molar-refractivity contribution in [3.05, 3.63) is 28.8 Å². The molecule has 0 aliphatic carbocycles. The molecule has 1 amide bonds. The molecule has 4 nitrogen and oxygen atoms in total. The van der Waals surface area contributed by atoms with Gasteiger partial charge in [0.15, 0.2) is 17.5 Å². The molecule has 1 aromatic carbocycles. The van der Waals surface area contributed by atoms with Crippen LogP contribution in [0.5, 0.6) is 5.75 Å². The maximum absolute atomic E-state index is 13.7. The summed E-state index contributed by atoms with van der Waals surface area (Å²) in [5, 5.41) is 2.00. The standard InChI is InChI=1S/C16H17F6NO3/c1-8-10(17)12(19)13(20)14(11(8)18)26-9(24)6-4-3-5-7-23-15(25)16(2,21)22/h3-7H2,1-2H3,(H,23,25). The Kier molecular flexibility index (Phi) is 7.46. The van der Waals surface area contributed by atoms with Crippen LogP contribution in [0.3, 0.4) is 0 Å². The summed E-state index contributed by atoms with van der Waals surface area (Å²) in [5.41, 5.74) is -0.824. The fourth-order valence-electron chi connectivity index (χ4n) is 1.91. The van der Waals surface area contributed by atoms with E-state index in [2.05, 4.69) is 4.74 Å². The van der Waals surface area contributed by atoms with E-state index in [0.717, 1.165) is 6.92 Å². The van der Waals surface area contributed by atoms with Crippen LogP contribution >= 0.6 is 0 Å². The predicted octanol–water partition coefficient (Wildman–Crippen LogP) is 3.79. The van der Waals surface area contributed by atoms with Crippen molar-refractivity contribution < 1.29 is 40.7 Å². The molecular formula is C16H17F6NO3. The van der Waals surface area contributed by atoms with E-state index < -0.39 is 52.4 Å². The van der Waals surface area contributed by atoms with Gasteiger partial charge in [-0.05, 0) is 19.8 Å². The molecule has 0 saturated heterocycles. The maximum Gasteiger partial charge on any atom is 0.321 e. The van der Waals surface area contributed by atoms with Gasteiger partial charge in [-0.15, -0.1) is 0 Å². The lowest BCUT2D eigenvalue weighted by molar-refractivity contribution is -0.143. The maximum atomic E-state index is 13.7. The van der Waals surface area contributed by atoms with Crippen LogP contribution in [0.25, 0.3) is 0 Å². The highest BCUT2D eigenvalue weighted by molar-refractivity contribution is 5.82. The van der Waals surface area contributed by atoms with Crippen LogP contribution < -0.4 is 10.1 Å². The third-order valence-corrected chi connectivity index (χ3v) is 3.40. The van der Waals surface area contributed by atoms with E-state index in [9.17, 15) is 35.9 Å². The Morgan fingerprint density at radius 3 is 2.15 bits per heavy atom. The molecule has 1 aromatic rings. The van der Waals surface area contributed by atoms with Crippen molar-refractivity contribution in [2.75, 3.05) is 6.54 Å². The van der Waals surface area contributed by atoms with Gasteiger partial charge in [-0.3, -0.25) is 9.59 Å². The summed E-state index contributed by atoms with van der Waals surface area (Å²) in [4.78, 5) is 22.4. The second kappa shape index (κ2) is 8.91. The number of hydrogen-bond donors (Lipinski definition) is 1. The molecule has 0 spiro atoms. The lowest BCUT2D eigenvalue weighted by Crippen LogP contribution is -2.38. The van der Waals surface area contributed by atoms with Crippen molar-refractivity contribution in [2.45, 2.75) is 45.5 Å². The summed E-state index contributed by atoms with van der Waals surface area (Å²) in [5.74, 6) is -14.4. The number of rotatable bonds is 8. The summed E-state index contributed by atoms with van der Waals surface area (Å²) in [6.45, 7) is 1.28. The average molecular weight is 385 g/mol. The minimum Gasteiger partial charge on any atom is -0.420 e. The molecule has 0 unspecified atom stereocenters. The number of hydrogen-bond acceptors (Lipinski definition) is 3. The Bertz CT molecular complexity index is 659. The Balaban J connectivity index is 2.44. The normalized spacial score (nSPS) is 11.4. The molecule has 0 saturated carbocycles. The molecule has 146 valence electrons. The number of nitrogens with one attached hydrogen (secondary N) is 1. The van der Waals surface area contributed by atoms with Crippen molar-refractivity contribution in [2.24, 2.45) is 0 Å². The van der Waals surface area contributed by atoms with Crippen molar-refractivity contribution in [3.63, 3.8) is 0 Å². The SMILES string of the molecule is Cc1c(F)c(F)c(F)c(OC(=O)CCCCCNC(=O)C(C)(F)F)c1F. The van der Waals surface area contributed by atoms with E-state index in [-0.39, 0.29) is 25.8 Å². The molecular weight excluding hydrogens is 368 g/mol. The zero-order valence-electron chi connectivity index (χ0n) is 14.0. The number of alkyl halides is 2. The summed E-state index contributed by atoms with van der Waals surface area (Å²) < 4.78 is 83.1. The number of unbranched alkanes of at least 4 members (excludes halogenated alkanes) is 2. The van der Waals surface area contributed by atoms with Crippen molar-refractivity contribution in [1.29, 1.82) is 0 Å². The van der Waals surface area contributed by atoms with Gasteiger partial charge in [0, 0.05) is 25.5 Å². The first-order valence-corrected chi connectivity index (χ1v) is 7.66. The lowest BCUT2D eigenvalue weighted by atomic mass is 10.1. The van der Waals surface area contributed by atoms with Crippen molar-refractivity contribution in [3.8, 4) is 5.75 Å². The minimum absolute atomic E-state index is 0.0388. The van der Waals surface area contributed by atoms with Gasteiger partial charge < -0.3 is 10.1 Å². The van der Waals surface area contributed by atoms with Gasteiger partial charge >= 0.3 is 11.9 Å². The van der Waals surface area contributed by atoms with Crippen LogP contribution in [0.1, 0.15) is 38.2 Å². The highest BCUT2D eigenvalue weighted by Crippen LogP contribution is 2.30. The second-order valence-electron chi connectivity index (χ2n) is 5.64. The molecule has 0 aliphatic heterocycles. The molecule has 0 fully saturated rings. The van der Waals surface area contributed by atoms with Gasteiger partial charge in [0.25, 0.3) is 5.91 Å². The Hall–Kier alpha value is -2.26. The van der Waals surface area contributed by atoms with Crippen LogP contribution in [0.15, 0.2) is 0 Å². The summed E-state index contributed by atoms with van der Waals surface area (Å²) in [6.07, 6.45) is 0.479. The van der Waals surface area contributed by atoms with Crippen molar-refractivity contribution >= 4 is 11.9 Å². The van der Waals surface area contributed by atoms with Gasteiger partial charge in [0.1, 0.15) is 0 Å². The zero-order chi connectivity index (χ0) is 20.1. The van der Waals surface area contributed by atoms with E-state index >= 15 is 0 Å². The smallest absolute Gasteiger partial charge is 0.321 e. The summed E-state index contributed by atoms with van der Waals surface area (Å²) >= 11 is 0. The predicted molar refractivity (Wildman–Crippen MR) is 78.7 cm³/mol. The Morgan fingerprint density at radius 1 is 0.962 bits per heavy atom. The third-order valence-electron chi connectivity index (χ3n) is 3.40. The number of halogens is 6. The number of esters is 1. The zero-order valence-corrected chi connectivity index (χ0v) is 14.0. The fourth-order valence-corrected chi connectivity index (χ4v) is 1.91. The first-order valence-electron chi connectivity index (χ1n) is 7.66. The largest absolute Gasteiger partial charge is 0.420 e. The Labute approximate surface area is 145 Å². The molecule has 0 aromatic heterocycles. The average Bonchev–Trinajstić information content (AvgIpc) is 2.57.